The number of nitrogens with one attached hydrogen (secondary N) is 2. The molecular formula is C15H23N3O4S. The molecule has 8 heteroatoms. The number of hydrogen-bond donors (Lipinski definition) is 2. The van der Waals surface area contributed by atoms with Crippen LogP contribution < -0.4 is 10.6 Å². The summed E-state index contributed by atoms with van der Waals surface area (Å²) in [5.74, 6) is 0. The van der Waals surface area contributed by atoms with E-state index >= 15 is 0 Å². The van der Waals surface area contributed by atoms with Crippen LogP contribution in [0, 0.1) is 0 Å². The average molecular weight is 341 g/mol. The maximum Gasteiger partial charge on any atom is 0.407 e. The van der Waals surface area contributed by atoms with E-state index in [1.54, 1.807) is 6.07 Å². The molecule has 2 N–H and O–H groups in total. The highest BCUT2D eigenvalue weighted by atomic mass is 32.2. The first-order chi connectivity index (χ1) is 10.5. The molecule has 0 atom stereocenters. The Balaban J connectivity index is 1.77. The Bertz CT molecular complexity index is 659. The average Bonchev–Trinajstić information content (AvgIpc) is 2.33. The largest absolute Gasteiger partial charge is 0.444 e. The van der Waals surface area contributed by atoms with Crippen molar-refractivity contribution in [3.63, 3.8) is 0 Å². The highest BCUT2D eigenvalue weighted by Crippen LogP contribution is 2.24. The first kappa shape index (κ1) is 17.5. The maximum absolute atomic E-state index is 11.6. The van der Waals surface area contributed by atoms with Crippen LogP contribution in [0.5, 0.6) is 0 Å². The molecule has 1 saturated carbocycles. The first-order valence-corrected chi connectivity index (χ1v) is 9.34. The molecular weight excluding hydrogens is 318 g/mol. The Morgan fingerprint density at radius 2 is 1.91 bits per heavy atom. The second kappa shape index (κ2) is 6.35. The van der Waals surface area contributed by atoms with Gasteiger partial charge in [0.2, 0.25) is 0 Å². The summed E-state index contributed by atoms with van der Waals surface area (Å²) in [6, 6.07) is 3.48. The second-order valence-corrected chi connectivity index (χ2v) is 8.78. The van der Waals surface area contributed by atoms with E-state index in [1.807, 2.05) is 20.8 Å². The third-order valence-electron chi connectivity index (χ3n) is 3.35. The lowest BCUT2D eigenvalue weighted by Gasteiger charge is -2.37. The van der Waals surface area contributed by atoms with Gasteiger partial charge in [0.05, 0.1) is 11.9 Å². The molecule has 1 aromatic heterocycles. The maximum atomic E-state index is 11.6. The van der Waals surface area contributed by atoms with Crippen molar-refractivity contribution in [1.82, 2.24) is 10.3 Å². The van der Waals surface area contributed by atoms with Crippen LogP contribution in [0.1, 0.15) is 33.6 Å². The van der Waals surface area contributed by atoms with Gasteiger partial charge >= 0.3 is 6.09 Å². The fourth-order valence-electron chi connectivity index (χ4n) is 2.25. The third-order valence-corrected chi connectivity index (χ3v) is 4.35. The zero-order chi connectivity index (χ0) is 17.3. The standard InChI is InChI=1S/C15H23N3O4S/c1-15(2,3)22-14(19)18-12-7-11(8-12)17-10-5-6-13(16-9-10)23(4,20)21/h5-6,9,11-12,17H,7-8H2,1-4H3,(H,18,19). The van der Waals surface area contributed by atoms with Gasteiger partial charge in [0.15, 0.2) is 14.9 Å². The number of amides is 1. The number of ether oxygens (including phenoxy) is 1. The minimum Gasteiger partial charge on any atom is -0.444 e. The molecule has 0 radical (unpaired) electrons. The van der Waals surface area contributed by atoms with Crippen molar-refractivity contribution in [3.8, 4) is 0 Å². The molecule has 1 fully saturated rings. The van der Waals surface area contributed by atoms with Gasteiger partial charge in [-0.15, -0.1) is 0 Å². The molecule has 0 saturated heterocycles. The molecule has 0 bridgehead atoms. The zero-order valence-corrected chi connectivity index (χ0v) is 14.6. The number of anilines is 1. The van der Waals surface area contributed by atoms with Crippen LogP contribution in [-0.4, -0.2) is 43.4 Å². The summed E-state index contributed by atoms with van der Waals surface area (Å²) in [6.45, 7) is 5.47. The van der Waals surface area contributed by atoms with Gasteiger partial charge in [0.25, 0.3) is 0 Å². The number of alkyl carbamates (subject to hydrolysis) is 1. The molecule has 128 valence electrons. The summed E-state index contributed by atoms with van der Waals surface area (Å²) < 4.78 is 27.9. The predicted molar refractivity (Wildman–Crippen MR) is 87.1 cm³/mol. The molecule has 0 unspecified atom stereocenters. The van der Waals surface area contributed by atoms with Crippen molar-refractivity contribution in [1.29, 1.82) is 0 Å². The SMILES string of the molecule is CC(C)(C)OC(=O)NC1CC(Nc2ccc(S(C)(=O)=O)nc2)C1. The quantitative estimate of drug-likeness (QED) is 0.869. The predicted octanol–water partition coefficient (Wildman–Crippen LogP) is 1.95. The Labute approximate surface area is 136 Å². The van der Waals surface area contributed by atoms with Crippen molar-refractivity contribution in [2.75, 3.05) is 11.6 Å². The lowest BCUT2D eigenvalue weighted by molar-refractivity contribution is 0.0475. The van der Waals surface area contributed by atoms with Crippen LogP contribution in [-0.2, 0) is 14.6 Å². The van der Waals surface area contributed by atoms with Gasteiger partial charge in [0.1, 0.15) is 5.60 Å². The highest BCUT2D eigenvalue weighted by molar-refractivity contribution is 7.90. The van der Waals surface area contributed by atoms with Gasteiger partial charge in [0, 0.05) is 18.3 Å². The minimum absolute atomic E-state index is 0.0566. The van der Waals surface area contributed by atoms with Crippen molar-refractivity contribution in [2.24, 2.45) is 0 Å². The van der Waals surface area contributed by atoms with E-state index in [1.165, 1.54) is 12.3 Å². The summed E-state index contributed by atoms with van der Waals surface area (Å²) in [4.78, 5) is 15.6. The van der Waals surface area contributed by atoms with E-state index < -0.39 is 21.5 Å². The molecule has 7 nitrogen and oxygen atoms in total. The topological polar surface area (TPSA) is 97.4 Å². The van der Waals surface area contributed by atoms with E-state index in [-0.39, 0.29) is 17.1 Å². The summed E-state index contributed by atoms with van der Waals surface area (Å²) >= 11 is 0. The normalized spacial score (nSPS) is 21.2. The number of nitrogens with zero attached hydrogens (tertiary/aromatic N) is 1. The molecule has 1 heterocycles. The van der Waals surface area contributed by atoms with Gasteiger partial charge in [-0.1, -0.05) is 0 Å². The molecule has 2 rings (SSSR count). The van der Waals surface area contributed by atoms with E-state index in [0.29, 0.717) is 0 Å². The van der Waals surface area contributed by atoms with Crippen molar-refractivity contribution >= 4 is 21.6 Å². The zero-order valence-electron chi connectivity index (χ0n) is 13.8. The minimum atomic E-state index is -3.28. The Morgan fingerprint density at radius 1 is 1.26 bits per heavy atom. The third kappa shape index (κ3) is 5.38. The number of rotatable bonds is 4. The number of carbonyl (C=O) groups excluding carboxylic acids is 1. The van der Waals surface area contributed by atoms with Crippen LogP contribution in [0.15, 0.2) is 23.4 Å². The van der Waals surface area contributed by atoms with Gasteiger partial charge in [-0.3, -0.25) is 0 Å². The number of aromatic nitrogens is 1. The van der Waals surface area contributed by atoms with E-state index in [2.05, 4.69) is 15.6 Å². The van der Waals surface area contributed by atoms with Gasteiger partial charge in [-0.2, -0.15) is 0 Å². The summed E-state index contributed by atoms with van der Waals surface area (Å²) in [5, 5.41) is 6.14. The fraction of sp³-hybridized carbons (Fsp3) is 0.600. The van der Waals surface area contributed by atoms with Crippen molar-refractivity contribution < 1.29 is 17.9 Å². The molecule has 1 aliphatic carbocycles. The number of pyridine rings is 1. The van der Waals surface area contributed by atoms with Crippen molar-refractivity contribution in [2.45, 2.75) is 56.3 Å². The molecule has 1 amide bonds. The lowest BCUT2D eigenvalue weighted by atomic mass is 9.87. The lowest BCUT2D eigenvalue weighted by Crippen LogP contribution is -2.50. The number of carbonyl (C=O) groups is 1. The van der Waals surface area contributed by atoms with Gasteiger partial charge in [-0.25, -0.2) is 18.2 Å². The number of sulfone groups is 1. The van der Waals surface area contributed by atoms with Gasteiger partial charge in [-0.05, 0) is 45.7 Å². The monoisotopic (exact) mass is 341 g/mol. The molecule has 1 aromatic rings. The van der Waals surface area contributed by atoms with E-state index in [0.717, 1.165) is 24.8 Å². The first-order valence-electron chi connectivity index (χ1n) is 7.45. The van der Waals surface area contributed by atoms with Crippen LogP contribution in [0.25, 0.3) is 0 Å². The summed E-state index contributed by atoms with van der Waals surface area (Å²) in [7, 11) is -3.28. The van der Waals surface area contributed by atoms with Crippen LogP contribution in [0.3, 0.4) is 0 Å². The Hall–Kier alpha value is -1.83. The van der Waals surface area contributed by atoms with Gasteiger partial charge < -0.3 is 15.4 Å². The molecule has 0 aliphatic heterocycles. The van der Waals surface area contributed by atoms with Crippen molar-refractivity contribution in [3.05, 3.63) is 18.3 Å². The molecule has 23 heavy (non-hydrogen) atoms. The number of hydrogen-bond acceptors (Lipinski definition) is 6. The Kier molecular flexibility index (Phi) is 4.84. The molecule has 0 aromatic carbocycles. The van der Waals surface area contributed by atoms with Crippen LogP contribution in [0.2, 0.25) is 0 Å². The summed E-state index contributed by atoms with van der Waals surface area (Å²) in [6.07, 6.45) is 3.80. The van der Waals surface area contributed by atoms with E-state index in [4.69, 9.17) is 4.74 Å². The summed E-state index contributed by atoms with van der Waals surface area (Å²) in [5.41, 5.74) is 0.261. The molecule has 1 aliphatic rings. The molecule has 0 spiro atoms. The van der Waals surface area contributed by atoms with E-state index in [9.17, 15) is 13.2 Å². The highest BCUT2D eigenvalue weighted by Gasteiger charge is 2.31. The fourth-order valence-corrected chi connectivity index (χ4v) is 2.81. The smallest absolute Gasteiger partial charge is 0.407 e. The van der Waals surface area contributed by atoms with Crippen LogP contribution >= 0.6 is 0 Å². The Morgan fingerprint density at radius 3 is 2.39 bits per heavy atom. The van der Waals surface area contributed by atoms with Crippen LogP contribution in [0.4, 0.5) is 10.5 Å². The second-order valence-electron chi connectivity index (χ2n) is 6.81.